The molecule has 1 unspecified atom stereocenters. The van der Waals surface area contributed by atoms with Crippen LogP contribution in [0.4, 0.5) is 17.6 Å². The third-order valence-corrected chi connectivity index (χ3v) is 5.11. The summed E-state index contributed by atoms with van der Waals surface area (Å²) < 4.78 is 71.0. The average molecular weight is 403 g/mol. The minimum absolute atomic E-state index is 0.202. The van der Waals surface area contributed by atoms with Crippen molar-refractivity contribution in [2.45, 2.75) is 64.5 Å². The molecule has 1 atom stereocenters. The molecule has 1 aromatic rings. The highest BCUT2D eigenvalue weighted by Crippen LogP contribution is 2.41. The molecule has 1 fully saturated rings. The quantitative estimate of drug-likeness (QED) is 0.554. The van der Waals surface area contributed by atoms with Gasteiger partial charge in [-0.1, -0.05) is 12.1 Å². The summed E-state index contributed by atoms with van der Waals surface area (Å²) in [5.74, 6) is 0.529. The zero-order valence-electron chi connectivity index (χ0n) is 16.7. The first-order chi connectivity index (χ1) is 12.8. The van der Waals surface area contributed by atoms with E-state index < -0.39 is 42.7 Å². The second-order valence-corrected chi connectivity index (χ2v) is 7.72. The molecule has 2 rings (SSSR count). The summed E-state index contributed by atoms with van der Waals surface area (Å²) in [7, 11) is -1.41. The SMILES string of the molecule is CCOc1ccc(C(CC(N)C(F)(F)F)=C(F)B2OC(C)(C)C(C)(C)O2)cc1. The molecule has 2 N–H and O–H groups in total. The fourth-order valence-electron chi connectivity index (χ4n) is 2.70. The fourth-order valence-corrected chi connectivity index (χ4v) is 2.70. The van der Waals surface area contributed by atoms with E-state index in [9.17, 15) is 13.2 Å². The summed E-state index contributed by atoms with van der Waals surface area (Å²) in [6.45, 7) is 9.18. The number of ether oxygens (including phenoxy) is 1. The van der Waals surface area contributed by atoms with Crippen LogP contribution in [0.15, 0.2) is 30.0 Å². The Balaban J connectivity index is 2.44. The van der Waals surface area contributed by atoms with E-state index in [0.29, 0.717) is 12.4 Å². The first kappa shape index (κ1) is 22.7. The van der Waals surface area contributed by atoms with E-state index >= 15 is 4.39 Å². The van der Waals surface area contributed by atoms with E-state index in [-0.39, 0.29) is 11.1 Å². The highest BCUT2D eigenvalue weighted by Gasteiger charge is 2.54. The fraction of sp³-hybridized carbons (Fsp3) is 0.579. The van der Waals surface area contributed by atoms with Gasteiger partial charge in [0.15, 0.2) is 0 Å². The van der Waals surface area contributed by atoms with Gasteiger partial charge in [0.1, 0.15) is 17.5 Å². The van der Waals surface area contributed by atoms with E-state index in [0.717, 1.165) is 0 Å². The van der Waals surface area contributed by atoms with Crippen LogP contribution >= 0.6 is 0 Å². The van der Waals surface area contributed by atoms with Gasteiger partial charge in [-0.3, -0.25) is 0 Å². The predicted molar refractivity (Wildman–Crippen MR) is 100 cm³/mol. The number of hydrogen-bond donors (Lipinski definition) is 1. The molecule has 0 aromatic heterocycles. The lowest BCUT2D eigenvalue weighted by Gasteiger charge is -2.32. The predicted octanol–water partition coefficient (Wildman–Crippen LogP) is 4.68. The highest BCUT2D eigenvalue weighted by molar-refractivity contribution is 6.55. The van der Waals surface area contributed by atoms with E-state index in [1.807, 2.05) is 0 Å². The Bertz CT molecular complexity index is 701. The number of rotatable bonds is 6. The van der Waals surface area contributed by atoms with Crippen LogP contribution in [0, 0.1) is 0 Å². The topological polar surface area (TPSA) is 53.7 Å². The molecule has 156 valence electrons. The standard InChI is InChI=1S/C19H26BF4NO3/c1-6-26-13-9-7-12(8-10-13)14(11-15(25)19(22,23)24)16(21)20-27-17(2,3)18(4,5)28-20/h7-10,15H,6,11,25H2,1-5H3. The maximum atomic E-state index is 15.3. The largest absolute Gasteiger partial charge is 0.525 e. The normalized spacial score (nSPS) is 20.7. The van der Waals surface area contributed by atoms with Crippen molar-refractivity contribution in [3.05, 3.63) is 35.6 Å². The van der Waals surface area contributed by atoms with Crippen LogP contribution in [0.25, 0.3) is 5.57 Å². The molecule has 1 aliphatic heterocycles. The molecular formula is C19H26BF4NO3. The summed E-state index contributed by atoms with van der Waals surface area (Å²) in [5.41, 5.74) is 2.76. The second-order valence-electron chi connectivity index (χ2n) is 7.72. The third-order valence-electron chi connectivity index (χ3n) is 5.11. The number of alkyl halides is 3. The van der Waals surface area contributed by atoms with E-state index in [2.05, 4.69) is 0 Å². The van der Waals surface area contributed by atoms with Gasteiger partial charge in [0, 0.05) is 0 Å². The summed E-state index contributed by atoms with van der Waals surface area (Å²) in [6.07, 6.45) is -5.40. The van der Waals surface area contributed by atoms with E-state index in [1.165, 1.54) is 12.1 Å². The molecule has 4 nitrogen and oxygen atoms in total. The molecule has 0 spiro atoms. The van der Waals surface area contributed by atoms with Crippen LogP contribution in [-0.2, 0) is 9.31 Å². The van der Waals surface area contributed by atoms with Crippen LogP contribution in [0.3, 0.4) is 0 Å². The number of nitrogens with two attached hydrogens (primary N) is 1. The van der Waals surface area contributed by atoms with Crippen LogP contribution in [0.2, 0.25) is 0 Å². The molecule has 0 aliphatic carbocycles. The van der Waals surface area contributed by atoms with Crippen molar-refractivity contribution < 1.29 is 31.6 Å². The molecular weight excluding hydrogens is 377 g/mol. The number of benzene rings is 1. The minimum Gasteiger partial charge on any atom is -0.494 e. The van der Waals surface area contributed by atoms with Crippen molar-refractivity contribution >= 4 is 12.7 Å². The maximum absolute atomic E-state index is 15.3. The molecule has 1 aromatic carbocycles. The lowest BCUT2D eigenvalue weighted by molar-refractivity contribution is -0.146. The molecule has 9 heteroatoms. The summed E-state index contributed by atoms with van der Waals surface area (Å²) in [6, 6.07) is 3.90. The van der Waals surface area contributed by atoms with Gasteiger partial charge in [0.25, 0.3) is 0 Å². The average Bonchev–Trinajstić information content (AvgIpc) is 2.80. The molecule has 0 bridgehead atoms. The van der Waals surface area contributed by atoms with Crippen molar-refractivity contribution in [3.8, 4) is 5.75 Å². The zero-order valence-corrected chi connectivity index (χ0v) is 16.7. The van der Waals surface area contributed by atoms with Crippen LogP contribution in [-0.4, -0.2) is 37.1 Å². The van der Waals surface area contributed by atoms with Gasteiger partial charge in [-0.15, -0.1) is 0 Å². The van der Waals surface area contributed by atoms with Crippen LogP contribution in [0.5, 0.6) is 5.75 Å². The van der Waals surface area contributed by atoms with Gasteiger partial charge in [-0.05, 0) is 64.3 Å². The summed E-state index contributed by atoms with van der Waals surface area (Å²) >= 11 is 0. The van der Waals surface area contributed by atoms with Gasteiger partial charge in [-0.25, -0.2) is 4.39 Å². The maximum Gasteiger partial charge on any atom is 0.525 e. The lowest BCUT2D eigenvalue weighted by Crippen LogP contribution is -2.41. The van der Waals surface area contributed by atoms with E-state index in [4.69, 9.17) is 19.8 Å². The van der Waals surface area contributed by atoms with Crippen LogP contribution < -0.4 is 10.5 Å². The second kappa shape index (κ2) is 8.04. The van der Waals surface area contributed by atoms with Crippen molar-refractivity contribution in [2.75, 3.05) is 6.61 Å². The van der Waals surface area contributed by atoms with Gasteiger partial charge < -0.3 is 19.8 Å². The first-order valence-electron chi connectivity index (χ1n) is 9.08. The Kier molecular flexibility index (Phi) is 6.52. The molecule has 28 heavy (non-hydrogen) atoms. The van der Waals surface area contributed by atoms with Crippen LogP contribution in [0.1, 0.15) is 46.6 Å². The first-order valence-corrected chi connectivity index (χ1v) is 9.08. The minimum atomic E-state index is -4.66. The van der Waals surface area contributed by atoms with E-state index in [1.54, 1.807) is 46.8 Å². The van der Waals surface area contributed by atoms with Crippen molar-refractivity contribution in [2.24, 2.45) is 5.73 Å². The number of halogens is 4. The smallest absolute Gasteiger partial charge is 0.494 e. The Hall–Kier alpha value is -1.58. The molecule has 1 heterocycles. The number of hydrogen-bond acceptors (Lipinski definition) is 4. The van der Waals surface area contributed by atoms with Gasteiger partial charge in [0.2, 0.25) is 0 Å². The van der Waals surface area contributed by atoms with Gasteiger partial charge in [0.05, 0.1) is 17.8 Å². The third kappa shape index (κ3) is 4.88. The Morgan fingerprint density at radius 2 is 1.61 bits per heavy atom. The van der Waals surface area contributed by atoms with Gasteiger partial charge >= 0.3 is 13.3 Å². The summed E-state index contributed by atoms with van der Waals surface area (Å²) in [5, 5.41) is 0. The Morgan fingerprint density at radius 3 is 2.04 bits per heavy atom. The molecule has 0 radical (unpaired) electrons. The molecule has 0 amide bonds. The van der Waals surface area contributed by atoms with Crippen molar-refractivity contribution in [1.82, 2.24) is 0 Å². The molecule has 0 saturated carbocycles. The lowest BCUT2D eigenvalue weighted by atomic mass is 9.81. The van der Waals surface area contributed by atoms with Gasteiger partial charge in [-0.2, -0.15) is 13.2 Å². The zero-order chi connectivity index (χ0) is 21.3. The van der Waals surface area contributed by atoms with Crippen molar-refractivity contribution in [3.63, 3.8) is 0 Å². The molecule has 1 aliphatic rings. The Labute approximate surface area is 163 Å². The summed E-state index contributed by atoms with van der Waals surface area (Å²) in [4.78, 5) is 0. The Morgan fingerprint density at radius 1 is 1.11 bits per heavy atom. The monoisotopic (exact) mass is 403 g/mol. The molecule has 1 saturated heterocycles. The highest BCUT2D eigenvalue weighted by atomic mass is 19.4. The van der Waals surface area contributed by atoms with Crippen molar-refractivity contribution in [1.29, 1.82) is 0 Å².